The summed E-state index contributed by atoms with van der Waals surface area (Å²) in [6, 6.07) is 20.2. The lowest BCUT2D eigenvalue weighted by molar-refractivity contribution is 0.0734. The molecule has 0 radical (unpaired) electrons. The maximum absolute atomic E-state index is 13.5. The minimum atomic E-state index is 0.00829. The van der Waals surface area contributed by atoms with E-state index in [0.717, 1.165) is 23.3 Å². The Morgan fingerprint density at radius 1 is 1.00 bits per heavy atom. The maximum atomic E-state index is 13.5. The Balaban J connectivity index is 1.29. The summed E-state index contributed by atoms with van der Waals surface area (Å²) in [6.07, 6.45) is 7.26. The van der Waals surface area contributed by atoms with Gasteiger partial charge in [0.25, 0.3) is 5.91 Å². The van der Waals surface area contributed by atoms with E-state index in [1.165, 1.54) is 70.7 Å². The molecular weight excluding hydrogens is 473 g/mol. The van der Waals surface area contributed by atoms with E-state index >= 15 is 0 Å². The number of hydrogen-bond acceptors (Lipinski definition) is 2. The third kappa shape index (κ3) is 3.06. The van der Waals surface area contributed by atoms with Gasteiger partial charge in [-0.25, -0.2) is 4.98 Å². The van der Waals surface area contributed by atoms with Gasteiger partial charge in [-0.05, 0) is 94.4 Å². The monoisotopic (exact) mass is 505 g/mol. The molecule has 37 heavy (non-hydrogen) atoms. The highest BCUT2D eigenvalue weighted by molar-refractivity contribution is 7.27. The fourth-order valence-electron chi connectivity index (χ4n) is 7.35. The summed E-state index contributed by atoms with van der Waals surface area (Å²) in [5.74, 6) is 1.76. The molecule has 0 N–H and O–H groups in total. The second kappa shape index (κ2) is 7.54. The van der Waals surface area contributed by atoms with Crippen molar-refractivity contribution < 1.29 is 4.79 Å². The highest BCUT2D eigenvalue weighted by Gasteiger charge is 2.45. The summed E-state index contributed by atoms with van der Waals surface area (Å²) < 4.78 is 2.46. The summed E-state index contributed by atoms with van der Waals surface area (Å²) in [5, 5.41) is 1.31. The first-order chi connectivity index (χ1) is 17.9. The average molecular weight is 506 g/mol. The predicted molar refractivity (Wildman–Crippen MR) is 152 cm³/mol. The Morgan fingerprint density at radius 2 is 1.78 bits per heavy atom. The smallest absolute Gasteiger partial charge is 0.254 e. The molecule has 1 aromatic heterocycles. The molecule has 8 rings (SSSR count). The van der Waals surface area contributed by atoms with Crippen LogP contribution in [0.1, 0.15) is 96.3 Å². The van der Waals surface area contributed by atoms with E-state index in [1.54, 1.807) is 0 Å². The van der Waals surface area contributed by atoms with Gasteiger partial charge < -0.3 is 9.47 Å². The van der Waals surface area contributed by atoms with E-state index in [0.29, 0.717) is 11.3 Å². The lowest BCUT2D eigenvalue weighted by atomic mass is 9.66. The molecule has 2 aliphatic heterocycles. The fourth-order valence-corrected chi connectivity index (χ4v) is 7.97. The fraction of sp³-hybridized carbons (Fsp3) is 0.375. The molecule has 186 valence electrons. The number of carbonyl (C=O) groups excluding carboxylic acids is 1. The Labute approximate surface area is 220 Å². The Morgan fingerprint density at radius 3 is 2.51 bits per heavy atom. The van der Waals surface area contributed by atoms with E-state index in [9.17, 15) is 4.79 Å². The number of hydrogen-bond donors (Lipinski definition) is 0. The second-order valence-corrected chi connectivity index (χ2v) is 12.6. The molecule has 3 atom stereocenters. The molecule has 4 aliphatic rings. The largest absolute Gasteiger partial charge is 0.331 e. The van der Waals surface area contributed by atoms with Crippen molar-refractivity contribution in [3.8, 4) is 11.1 Å². The van der Waals surface area contributed by atoms with E-state index in [1.807, 2.05) is 18.0 Å². The van der Waals surface area contributed by atoms with Crippen LogP contribution in [0.5, 0.6) is 0 Å². The van der Waals surface area contributed by atoms with E-state index in [4.69, 9.17) is 4.98 Å². The molecule has 2 bridgehead atoms. The Bertz CT molecular complexity index is 1630. The highest BCUT2D eigenvalue weighted by atomic mass is 31.0. The third-order valence-corrected chi connectivity index (χ3v) is 10.3. The van der Waals surface area contributed by atoms with Gasteiger partial charge in [0.15, 0.2) is 0 Å². The molecule has 2 fully saturated rings. The van der Waals surface area contributed by atoms with Gasteiger partial charge in [0.1, 0.15) is 5.82 Å². The zero-order valence-corrected chi connectivity index (χ0v) is 22.7. The van der Waals surface area contributed by atoms with Crippen molar-refractivity contribution in [1.29, 1.82) is 0 Å². The Kier molecular flexibility index (Phi) is 4.50. The zero-order chi connectivity index (χ0) is 25.1. The van der Waals surface area contributed by atoms with Crippen molar-refractivity contribution in [3.05, 3.63) is 82.7 Å². The normalized spacial score (nSPS) is 23.5. The van der Waals surface area contributed by atoms with Crippen LogP contribution in [0.2, 0.25) is 0 Å². The number of rotatable bonds is 3. The van der Waals surface area contributed by atoms with Crippen LogP contribution < -0.4 is 5.30 Å². The van der Waals surface area contributed by atoms with Gasteiger partial charge >= 0.3 is 0 Å². The molecule has 3 heterocycles. The molecule has 2 saturated carbocycles. The lowest BCUT2D eigenvalue weighted by Gasteiger charge is -2.40. The van der Waals surface area contributed by atoms with Crippen LogP contribution in [-0.2, 0) is 5.41 Å². The van der Waals surface area contributed by atoms with Crippen molar-refractivity contribution in [2.45, 2.75) is 68.9 Å². The van der Waals surface area contributed by atoms with Crippen LogP contribution in [0.4, 0.5) is 0 Å². The summed E-state index contributed by atoms with van der Waals surface area (Å²) in [6.45, 7) is 2.40. The molecule has 0 saturated heterocycles. The highest BCUT2D eigenvalue weighted by Crippen LogP contribution is 2.52. The van der Waals surface area contributed by atoms with Crippen molar-refractivity contribution in [1.82, 2.24) is 14.5 Å². The van der Waals surface area contributed by atoms with Gasteiger partial charge in [-0.15, -0.1) is 9.24 Å². The van der Waals surface area contributed by atoms with E-state index < -0.39 is 0 Å². The second-order valence-electron chi connectivity index (χ2n) is 12.0. The third-order valence-electron chi connectivity index (χ3n) is 9.77. The molecule has 3 aromatic carbocycles. The first kappa shape index (κ1) is 22.1. The minimum Gasteiger partial charge on any atom is -0.331 e. The van der Waals surface area contributed by atoms with Gasteiger partial charge in [-0.3, -0.25) is 4.79 Å². The molecular formula is C32H32N3OP. The van der Waals surface area contributed by atoms with Crippen LogP contribution in [0.3, 0.4) is 0 Å². The lowest BCUT2D eigenvalue weighted by Crippen LogP contribution is -2.33. The summed E-state index contributed by atoms with van der Waals surface area (Å²) in [7, 11) is 4.95. The maximum Gasteiger partial charge on any atom is 0.254 e. The molecule has 0 spiro atoms. The topological polar surface area (TPSA) is 38.1 Å². The van der Waals surface area contributed by atoms with Gasteiger partial charge in [0.05, 0.1) is 23.1 Å². The number of carbonyl (C=O) groups is 1. The summed E-state index contributed by atoms with van der Waals surface area (Å²) >= 11 is 0. The van der Waals surface area contributed by atoms with Crippen LogP contribution in [-0.4, -0.2) is 27.4 Å². The van der Waals surface area contributed by atoms with Crippen LogP contribution in [0.25, 0.3) is 22.2 Å². The average Bonchev–Trinajstić information content (AvgIpc) is 3.59. The predicted octanol–water partition coefficient (Wildman–Crippen LogP) is 6.64. The van der Waals surface area contributed by atoms with Crippen molar-refractivity contribution in [3.63, 3.8) is 0 Å². The van der Waals surface area contributed by atoms with Crippen molar-refractivity contribution in [2.75, 3.05) is 7.05 Å². The molecule has 2 aliphatic carbocycles. The van der Waals surface area contributed by atoms with Crippen LogP contribution in [0.15, 0.2) is 54.6 Å². The van der Waals surface area contributed by atoms with E-state index in [-0.39, 0.29) is 18.0 Å². The number of aromatic nitrogens is 2. The first-order valence-electron chi connectivity index (χ1n) is 13.8. The standard InChI is InChI=1S/C32H32N3OP/c1-32(13-4-14-32)23-11-9-20(16-28(23)37)19-10-12-24-25(15-19)35-26-17-27(30(35)33-24)34(2)31(36)22-6-3-5-21(29(22)26)18-7-8-18/h3,5-6,9-12,15-16,18,26-27H,4,7-8,13-14,17,37H2,1-2H3. The molecule has 4 nitrogen and oxygen atoms in total. The zero-order valence-electron chi connectivity index (χ0n) is 21.5. The quantitative estimate of drug-likeness (QED) is 0.293. The van der Waals surface area contributed by atoms with Crippen molar-refractivity contribution in [2.24, 2.45) is 0 Å². The van der Waals surface area contributed by atoms with E-state index in [2.05, 4.69) is 69.3 Å². The number of nitrogens with zero attached hydrogens (tertiary/aromatic N) is 3. The first-order valence-corrected chi connectivity index (χ1v) is 14.3. The number of benzene rings is 3. The van der Waals surface area contributed by atoms with Crippen LogP contribution >= 0.6 is 9.24 Å². The van der Waals surface area contributed by atoms with Gasteiger partial charge in [-0.2, -0.15) is 0 Å². The molecule has 4 aromatic rings. The Hall–Kier alpha value is -2.97. The van der Waals surface area contributed by atoms with Crippen molar-refractivity contribution >= 4 is 31.5 Å². The summed E-state index contributed by atoms with van der Waals surface area (Å²) in [5.41, 5.74) is 9.99. The van der Waals surface area contributed by atoms with Gasteiger partial charge in [0, 0.05) is 19.0 Å². The SMILES string of the molecule is CN1C(=O)c2cccc(C3CC3)c2C2CC1c1nc3ccc(-c4ccc(C5(C)CCC5)c(P)c4)cc3n12. The minimum absolute atomic E-state index is 0.00829. The summed E-state index contributed by atoms with van der Waals surface area (Å²) in [4.78, 5) is 20.6. The molecule has 5 heteroatoms. The number of amides is 1. The molecule has 1 amide bonds. The number of fused-ring (bicyclic) bond motifs is 9. The van der Waals surface area contributed by atoms with Gasteiger partial charge in [-0.1, -0.05) is 43.7 Å². The number of imidazole rings is 1. The van der Waals surface area contributed by atoms with Crippen LogP contribution in [0, 0.1) is 0 Å². The molecule has 3 unspecified atom stereocenters. The van der Waals surface area contributed by atoms with Gasteiger partial charge in [0.2, 0.25) is 0 Å².